The molecule has 0 fully saturated rings. The fraction of sp³-hybridized carbons (Fsp3) is 0.444. The second-order valence-corrected chi connectivity index (χ2v) is 6.59. The van der Waals surface area contributed by atoms with Crippen molar-refractivity contribution in [2.75, 3.05) is 20.2 Å². The second-order valence-electron chi connectivity index (χ2n) is 6.59. The lowest BCUT2D eigenvalue weighted by Crippen LogP contribution is -2.36. The first-order valence-electron chi connectivity index (χ1n) is 7.94. The average Bonchev–Trinajstić information content (AvgIpc) is 2.53. The minimum absolute atomic E-state index is 0.121. The fourth-order valence-electron chi connectivity index (χ4n) is 2.41. The molecule has 6 nitrogen and oxygen atoms in total. The predicted octanol–water partition coefficient (Wildman–Crippen LogP) is 2.81. The Bertz CT molecular complexity index is 710. The van der Waals surface area contributed by atoms with E-state index in [-0.39, 0.29) is 5.92 Å². The minimum atomic E-state index is -0.537. The molecule has 1 aromatic heterocycles. The Hall–Kier alpha value is -2.34. The van der Waals surface area contributed by atoms with E-state index in [2.05, 4.69) is 10.3 Å². The molecule has 0 saturated heterocycles. The molecule has 1 heterocycles. The van der Waals surface area contributed by atoms with Crippen LogP contribution in [0.5, 0.6) is 5.88 Å². The van der Waals surface area contributed by atoms with Crippen LogP contribution in [0.25, 0.3) is 10.9 Å². The summed E-state index contributed by atoms with van der Waals surface area (Å²) in [5.74, 6) is 0.403. The van der Waals surface area contributed by atoms with Gasteiger partial charge >= 0.3 is 6.09 Å². The number of alkyl carbamates (subject to hydrolysis) is 1. The van der Waals surface area contributed by atoms with E-state index in [1.165, 1.54) is 0 Å². The Labute approximate surface area is 142 Å². The molecule has 130 valence electrons. The van der Waals surface area contributed by atoms with Gasteiger partial charge in [0.1, 0.15) is 5.60 Å². The number of aromatic nitrogens is 1. The topological polar surface area (TPSA) is 86.5 Å². The Morgan fingerprint density at radius 1 is 1.33 bits per heavy atom. The molecule has 0 aliphatic heterocycles. The number of amides is 1. The van der Waals surface area contributed by atoms with Crippen molar-refractivity contribution in [3.8, 4) is 5.88 Å². The zero-order valence-electron chi connectivity index (χ0n) is 14.6. The van der Waals surface area contributed by atoms with Crippen molar-refractivity contribution in [1.29, 1.82) is 0 Å². The van der Waals surface area contributed by atoms with Crippen molar-refractivity contribution in [1.82, 2.24) is 10.3 Å². The van der Waals surface area contributed by atoms with E-state index in [0.29, 0.717) is 19.0 Å². The molecule has 24 heavy (non-hydrogen) atoms. The highest BCUT2D eigenvalue weighted by atomic mass is 16.6. The number of nitrogens with two attached hydrogens (primary N) is 1. The molecule has 2 rings (SSSR count). The van der Waals surface area contributed by atoms with Gasteiger partial charge in [-0.15, -0.1) is 0 Å². The van der Waals surface area contributed by atoms with Gasteiger partial charge < -0.3 is 20.5 Å². The highest BCUT2D eigenvalue weighted by molar-refractivity contribution is 5.80. The summed E-state index contributed by atoms with van der Waals surface area (Å²) < 4.78 is 10.7. The summed E-state index contributed by atoms with van der Waals surface area (Å²) in [4.78, 5) is 16.4. The predicted molar refractivity (Wildman–Crippen MR) is 94.3 cm³/mol. The van der Waals surface area contributed by atoms with E-state index in [4.69, 9.17) is 15.2 Å². The molecule has 0 bridgehead atoms. The number of nitrogens with one attached hydrogen (secondary N) is 1. The third kappa shape index (κ3) is 4.58. The van der Waals surface area contributed by atoms with E-state index in [0.717, 1.165) is 16.5 Å². The summed E-state index contributed by atoms with van der Waals surface area (Å²) >= 11 is 0. The van der Waals surface area contributed by atoms with Gasteiger partial charge in [-0.2, -0.15) is 0 Å². The number of hydrogen-bond acceptors (Lipinski definition) is 5. The van der Waals surface area contributed by atoms with Gasteiger partial charge in [0.2, 0.25) is 5.88 Å². The third-order valence-corrected chi connectivity index (χ3v) is 3.53. The third-order valence-electron chi connectivity index (χ3n) is 3.53. The number of para-hydroxylation sites is 1. The summed E-state index contributed by atoms with van der Waals surface area (Å²) in [5.41, 5.74) is 7.10. The maximum Gasteiger partial charge on any atom is 0.407 e. The van der Waals surface area contributed by atoms with E-state index in [1.807, 2.05) is 51.1 Å². The van der Waals surface area contributed by atoms with Crippen molar-refractivity contribution in [2.45, 2.75) is 32.3 Å². The van der Waals surface area contributed by atoms with Gasteiger partial charge in [-0.3, -0.25) is 0 Å². The molecule has 1 unspecified atom stereocenters. The van der Waals surface area contributed by atoms with Crippen molar-refractivity contribution in [3.63, 3.8) is 0 Å². The maximum absolute atomic E-state index is 11.9. The van der Waals surface area contributed by atoms with Crippen LogP contribution in [0.4, 0.5) is 4.79 Å². The zero-order valence-corrected chi connectivity index (χ0v) is 14.6. The Morgan fingerprint density at radius 2 is 2.04 bits per heavy atom. The van der Waals surface area contributed by atoms with Gasteiger partial charge in [-0.25, -0.2) is 9.78 Å². The molecule has 6 heteroatoms. The van der Waals surface area contributed by atoms with Gasteiger partial charge in [0, 0.05) is 30.0 Å². The van der Waals surface area contributed by atoms with Crippen LogP contribution in [0.3, 0.4) is 0 Å². The smallest absolute Gasteiger partial charge is 0.407 e. The van der Waals surface area contributed by atoms with E-state index >= 15 is 0 Å². The van der Waals surface area contributed by atoms with Crippen molar-refractivity contribution >= 4 is 17.0 Å². The van der Waals surface area contributed by atoms with Crippen molar-refractivity contribution < 1.29 is 14.3 Å². The number of hydrogen-bond donors (Lipinski definition) is 2. The van der Waals surface area contributed by atoms with Crippen LogP contribution in [-0.4, -0.2) is 36.9 Å². The quantitative estimate of drug-likeness (QED) is 0.880. The molecule has 1 amide bonds. The molecule has 2 aromatic rings. The number of carbonyl (C=O) groups excluding carboxylic acids is 1. The number of pyridine rings is 1. The lowest BCUT2D eigenvalue weighted by Gasteiger charge is -2.22. The van der Waals surface area contributed by atoms with Gasteiger partial charge in [-0.05, 0) is 32.9 Å². The molecule has 1 aromatic carbocycles. The molecule has 1 atom stereocenters. The van der Waals surface area contributed by atoms with Crippen LogP contribution in [0, 0.1) is 0 Å². The molecule has 0 saturated carbocycles. The number of methoxy groups -OCH3 is 1. The molecule has 0 radical (unpaired) electrons. The molecule has 0 aliphatic carbocycles. The van der Waals surface area contributed by atoms with Gasteiger partial charge in [0.25, 0.3) is 0 Å². The van der Waals surface area contributed by atoms with Gasteiger partial charge in [0.15, 0.2) is 0 Å². The highest BCUT2D eigenvalue weighted by Gasteiger charge is 2.20. The van der Waals surface area contributed by atoms with Crippen molar-refractivity contribution in [2.24, 2.45) is 5.73 Å². The molecular weight excluding hydrogens is 306 g/mol. The molecule has 0 aliphatic rings. The highest BCUT2D eigenvalue weighted by Crippen LogP contribution is 2.28. The molecule has 3 N–H and O–H groups in total. The monoisotopic (exact) mass is 331 g/mol. The summed E-state index contributed by atoms with van der Waals surface area (Å²) in [6.45, 7) is 6.17. The Balaban J connectivity index is 2.20. The first-order valence-corrected chi connectivity index (χ1v) is 7.94. The number of carbonyl (C=O) groups is 1. The SMILES string of the molecule is COc1nc2ccccc2cc1C(CN)CNC(=O)OC(C)(C)C. The number of ether oxygens (including phenoxy) is 2. The number of rotatable bonds is 5. The molecule has 0 spiro atoms. The van der Waals surface area contributed by atoms with Crippen LogP contribution in [0.1, 0.15) is 32.3 Å². The second kappa shape index (κ2) is 7.49. The van der Waals surface area contributed by atoms with Gasteiger partial charge in [-0.1, -0.05) is 18.2 Å². The van der Waals surface area contributed by atoms with E-state index in [9.17, 15) is 4.79 Å². The summed E-state index contributed by atoms with van der Waals surface area (Å²) in [6.07, 6.45) is -0.464. The largest absolute Gasteiger partial charge is 0.481 e. The van der Waals surface area contributed by atoms with Crippen LogP contribution < -0.4 is 15.8 Å². The fourth-order valence-corrected chi connectivity index (χ4v) is 2.41. The first kappa shape index (κ1) is 18.0. The zero-order chi connectivity index (χ0) is 17.7. The van der Waals surface area contributed by atoms with Crippen LogP contribution in [0.2, 0.25) is 0 Å². The minimum Gasteiger partial charge on any atom is -0.481 e. The summed E-state index contributed by atoms with van der Waals surface area (Å²) in [6, 6.07) is 9.81. The average molecular weight is 331 g/mol. The number of nitrogens with zero attached hydrogens (tertiary/aromatic N) is 1. The normalized spacial score (nSPS) is 12.7. The van der Waals surface area contributed by atoms with Crippen LogP contribution in [-0.2, 0) is 4.74 Å². The van der Waals surface area contributed by atoms with Crippen LogP contribution >= 0.6 is 0 Å². The van der Waals surface area contributed by atoms with E-state index < -0.39 is 11.7 Å². The number of benzene rings is 1. The van der Waals surface area contributed by atoms with Gasteiger partial charge in [0.05, 0.1) is 12.6 Å². The first-order chi connectivity index (χ1) is 11.3. The Morgan fingerprint density at radius 3 is 2.67 bits per heavy atom. The maximum atomic E-state index is 11.9. The lowest BCUT2D eigenvalue weighted by molar-refractivity contribution is 0.0524. The standard InChI is InChI=1S/C18H25N3O3/c1-18(2,3)24-17(22)20-11-13(10-19)14-9-12-7-5-6-8-15(12)21-16(14)23-4/h5-9,13H,10-11,19H2,1-4H3,(H,20,22). The lowest BCUT2D eigenvalue weighted by atomic mass is 9.98. The Kier molecular flexibility index (Phi) is 5.62. The van der Waals surface area contributed by atoms with E-state index in [1.54, 1.807) is 7.11 Å². The number of fused-ring (bicyclic) bond motifs is 1. The summed E-state index contributed by atoms with van der Waals surface area (Å²) in [7, 11) is 1.58. The van der Waals surface area contributed by atoms with Crippen molar-refractivity contribution in [3.05, 3.63) is 35.9 Å². The summed E-state index contributed by atoms with van der Waals surface area (Å²) in [5, 5.41) is 3.77. The van der Waals surface area contributed by atoms with Crippen LogP contribution in [0.15, 0.2) is 30.3 Å². The molecular formula is C18H25N3O3.